The highest BCUT2D eigenvalue weighted by molar-refractivity contribution is 9.10. The lowest BCUT2D eigenvalue weighted by atomic mass is 9.99. The Bertz CT molecular complexity index is 558. The van der Waals surface area contributed by atoms with Crippen LogP contribution < -0.4 is 11.3 Å². The second-order valence-corrected chi connectivity index (χ2v) is 5.07. The molecule has 1 unspecified atom stereocenters. The summed E-state index contributed by atoms with van der Waals surface area (Å²) in [6, 6.07) is 10.5. The fraction of sp³-hybridized carbons (Fsp3) is 0.143. The summed E-state index contributed by atoms with van der Waals surface area (Å²) in [5, 5.41) is 0. The normalized spacial score (nSPS) is 12.4. The summed E-state index contributed by atoms with van der Waals surface area (Å²) < 4.78 is 26.6. The number of hydrogen-bond acceptors (Lipinski definition) is 2. The highest BCUT2D eigenvalue weighted by Crippen LogP contribution is 2.26. The van der Waals surface area contributed by atoms with E-state index in [0.29, 0.717) is 10.9 Å². The fourth-order valence-corrected chi connectivity index (χ4v) is 2.53. The van der Waals surface area contributed by atoms with E-state index in [0.717, 1.165) is 11.1 Å². The molecule has 2 nitrogen and oxygen atoms in total. The molecule has 0 aromatic heterocycles. The topological polar surface area (TPSA) is 38.0 Å². The van der Waals surface area contributed by atoms with Crippen LogP contribution in [0.2, 0.25) is 0 Å². The van der Waals surface area contributed by atoms with Gasteiger partial charge in [0.25, 0.3) is 0 Å². The van der Waals surface area contributed by atoms with Crippen molar-refractivity contribution in [3.05, 3.63) is 69.7 Å². The number of benzene rings is 2. The molecule has 19 heavy (non-hydrogen) atoms. The minimum Gasteiger partial charge on any atom is -0.271 e. The first-order valence-electron chi connectivity index (χ1n) is 5.75. The molecule has 0 heterocycles. The molecule has 0 fully saturated rings. The Labute approximate surface area is 118 Å². The van der Waals surface area contributed by atoms with Gasteiger partial charge in [0, 0.05) is 4.47 Å². The van der Waals surface area contributed by atoms with E-state index in [9.17, 15) is 8.78 Å². The third-order valence-corrected chi connectivity index (χ3v) is 3.58. The second kappa shape index (κ2) is 6.23. The van der Waals surface area contributed by atoms with E-state index in [4.69, 9.17) is 5.84 Å². The molecule has 0 aliphatic rings. The zero-order chi connectivity index (χ0) is 13.8. The van der Waals surface area contributed by atoms with Crippen molar-refractivity contribution in [3.63, 3.8) is 0 Å². The number of nitrogens with one attached hydrogen (secondary N) is 1. The number of halogens is 3. The SMILES string of the molecule is NNC(Cc1ccc(F)cc1)c1ccc(F)cc1Br. The van der Waals surface area contributed by atoms with Crippen LogP contribution in [0.25, 0.3) is 0 Å². The highest BCUT2D eigenvalue weighted by Gasteiger charge is 2.14. The van der Waals surface area contributed by atoms with E-state index in [2.05, 4.69) is 21.4 Å². The first-order chi connectivity index (χ1) is 9.10. The van der Waals surface area contributed by atoms with Gasteiger partial charge in [-0.15, -0.1) is 0 Å². The van der Waals surface area contributed by atoms with E-state index in [1.165, 1.54) is 24.3 Å². The Morgan fingerprint density at radius 2 is 1.68 bits per heavy atom. The molecule has 0 saturated carbocycles. The molecule has 0 saturated heterocycles. The quantitative estimate of drug-likeness (QED) is 0.667. The van der Waals surface area contributed by atoms with Crippen LogP contribution in [-0.2, 0) is 6.42 Å². The van der Waals surface area contributed by atoms with Crippen LogP contribution in [0.4, 0.5) is 8.78 Å². The minimum atomic E-state index is -0.312. The van der Waals surface area contributed by atoms with Gasteiger partial charge in [-0.3, -0.25) is 11.3 Å². The molecule has 0 spiro atoms. The van der Waals surface area contributed by atoms with Crippen molar-refractivity contribution >= 4 is 15.9 Å². The molecule has 100 valence electrons. The largest absolute Gasteiger partial charge is 0.271 e. The van der Waals surface area contributed by atoms with Crippen LogP contribution in [-0.4, -0.2) is 0 Å². The maximum atomic E-state index is 13.1. The summed E-state index contributed by atoms with van der Waals surface area (Å²) in [5.74, 6) is 4.96. The molecule has 5 heteroatoms. The summed E-state index contributed by atoms with van der Waals surface area (Å²) in [6.07, 6.45) is 0.584. The van der Waals surface area contributed by atoms with Crippen molar-refractivity contribution < 1.29 is 8.78 Å². The molecule has 0 aliphatic carbocycles. The van der Waals surface area contributed by atoms with Crippen LogP contribution in [0.5, 0.6) is 0 Å². The Kier molecular flexibility index (Phi) is 4.63. The average molecular weight is 327 g/mol. The molecular weight excluding hydrogens is 314 g/mol. The third kappa shape index (κ3) is 3.59. The summed E-state index contributed by atoms with van der Waals surface area (Å²) >= 11 is 3.32. The van der Waals surface area contributed by atoms with Crippen molar-refractivity contribution in [2.24, 2.45) is 5.84 Å². The lowest BCUT2D eigenvalue weighted by molar-refractivity contribution is 0.546. The van der Waals surface area contributed by atoms with E-state index in [-0.39, 0.29) is 17.7 Å². The predicted octanol–water partition coefficient (Wildman–Crippen LogP) is 3.47. The maximum absolute atomic E-state index is 13.1. The fourth-order valence-electron chi connectivity index (χ4n) is 1.90. The minimum absolute atomic E-state index is 0.180. The first-order valence-corrected chi connectivity index (χ1v) is 6.55. The Morgan fingerprint density at radius 1 is 1.05 bits per heavy atom. The van der Waals surface area contributed by atoms with Crippen LogP contribution in [0.15, 0.2) is 46.9 Å². The maximum Gasteiger partial charge on any atom is 0.124 e. The lowest BCUT2D eigenvalue weighted by Crippen LogP contribution is -2.29. The average Bonchev–Trinajstić information content (AvgIpc) is 2.39. The molecule has 2 aromatic rings. The number of rotatable bonds is 4. The van der Waals surface area contributed by atoms with Crippen LogP contribution in [0.3, 0.4) is 0 Å². The summed E-state index contributed by atoms with van der Waals surface area (Å²) in [4.78, 5) is 0. The van der Waals surface area contributed by atoms with Gasteiger partial charge in [-0.25, -0.2) is 8.78 Å². The summed E-state index contributed by atoms with van der Waals surface area (Å²) in [6.45, 7) is 0. The molecule has 3 N–H and O–H groups in total. The molecule has 0 radical (unpaired) electrons. The van der Waals surface area contributed by atoms with Crippen molar-refractivity contribution in [2.45, 2.75) is 12.5 Å². The molecular formula is C14H13BrF2N2. The standard InChI is InChI=1S/C14H13BrF2N2/c15-13-8-11(17)5-6-12(13)14(19-18)7-9-1-3-10(16)4-2-9/h1-6,8,14,19H,7,18H2. The Hall–Kier alpha value is -1.30. The van der Waals surface area contributed by atoms with Gasteiger partial charge < -0.3 is 0 Å². The van der Waals surface area contributed by atoms with E-state index in [1.54, 1.807) is 18.2 Å². The van der Waals surface area contributed by atoms with Gasteiger partial charge in [0.1, 0.15) is 11.6 Å². The van der Waals surface area contributed by atoms with Crippen LogP contribution in [0, 0.1) is 11.6 Å². The molecule has 0 bridgehead atoms. The van der Waals surface area contributed by atoms with E-state index >= 15 is 0 Å². The van der Waals surface area contributed by atoms with E-state index < -0.39 is 0 Å². The highest BCUT2D eigenvalue weighted by atomic mass is 79.9. The monoisotopic (exact) mass is 326 g/mol. The second-order valence-electron chi connectivity index (χ2n) is 4.22. The van der Waals surface area contributed by atoms with Gasteiger partial charge in [0.05, 0.1) is 6.04 Å². The van der Waals surface area contributed by atoms with Gasteiger partial charge in [0.2, 0.25) is 0 Å². The van der Waals surface area contributed by atoms with Crippen molar-refractivity contribution in [1.29, 1.82) is 0 Å². The van der Waals surface area contributed by atoms with Crippen molar-refractivity contribution in [3.8, 4) is 0 Å². The predicted molar refractivity (Wildman–Crippen MR) is 74.3 cm³/mol. The van der Waals surface area contributed by atoms with Gasteiger partial charge in [-0.1, -0.05) is 34.1 Å². The first kappa shape index (κ1) is 14.1. The molecule has 1 atom stereocenters. The molecule has 0 aliphatic heterocycles. The van der Waals surface area contributed by atoms with Gasteiger partial charge in [-0.2, -0.15) is 0 Å². The Morgan fingerprint density at radius 3 is 2.26 bits per heavy atom. The lowest BCUT2D eigenvalue weighted by Gasteiger charge is -2.18. The van der Waals surface area contributed by atoms with Crippen molar-refractivity contribution in [2.75, 3.05) is 0 Å². The van der Waals surface area contributed by atoms with Gasteiger partial charge >= 0.3 is 0 Å². The van der Waals surface area contributed by atoms with Crippen LogP contribution in [0.1, 0.15) is 17.2 Å². The molecule has 2 aromatic carbocycles. The smallest absolute Gasteiger partial charge is 0.124 e. The van der Waals surface area contributed by atoms with Gasteiger partial charge in [0.15, 0.2) is 0 Å². The Balaban J connectivity index is 2.22. The number of hydrazine groups is 1. The zero-order valence-corrected chi connectivity index (χ0v) is 11.6. The number of nitrogens with two attached hydrogens (primary N) is 1. The van der Waals surface area contributed by atoms with Crippen molar-refractivity contribution in [1.82, 2.24) is 5.43 Å². The zero-order valence-electron chi connectivity index (χ0n) is 10.0. The summed E-state index contributed by atoms with van der Waals surface area (Å²) in [5.41, 5.74) is 4.50. The molecule has 0 amide bonds. The number of hydrogen-bond donors (Lipinski definition) is 2. The molecule has 2 rings (SSSR count). The summed E-state index contributed by atoms with van der Waals surface area (Å²) in [7, 11) is 0. The van der Waals surface area contributed by atoms with Gasteiger partial charge in [-0.05, 0) is 41.8 Å². The van der Waals surface area contributed by atoms with E-state index in [1.807, 2.05) is 0 Å². The third-order valence-electron chi connectivity index (χ3n) is 2.89. The van der Waals surface area contributed by atoms with Crippen LogP contribution >= 0.6 is 15.9 Å².